The zero-order valence-electron chi connectivity index (χ0n) is 18.6. The number of halogens is 3. The van der Waals surface area contributed by atoms with Crippen LogP contribution in [0.1, 0.15) is 49.1 Å². The van der Waals surface area contributed by atoms with Crippen molar-refractivity contribution in [2.75, 3.05) is 13.2 Å². The van der Waals surface area contributed by atoms with Gasteiger partial charge in [0.1, 0.15) is 29.7 Å². The topological polar surface area (TPSA) is 66.8 Å². The Morgan fingerprint density at radius 2 is 1.91 bits per heavy atom. The van der Waals surface area contributed by atoms with Crippen molar-refractivity contribution in [2.45, 2.75) is 44.9 Å². The maximum Gasteiger partial charge on any atom is 0.328 e. The molecular weight excluding hydrogens is 435 g/mol. The molecule has 2 atom stereocenters. The summed E-state index contributed by atoms with van der Waals surface area (Å²) in [5.41, 5.74) is -0.384. The first kappa shape index (κ1) is 24.5. The lowest BCUT2D eigenvalue weighted by atomic mass is 9.83. The minimum atomic E-state index is -1.62. The third kappa shape index (κ3) is 5.82. The molecule has 0 bridgehead atoms. The average molecular weight is 461 g/mol. The summed E-state index contributed by atoms with van der Waals surface area (Å²) in [5.74, 6) is -2.49. The highest BCUT2D eigenvalue weighted by Crippen LogP contribution is 2.42. The van der Waals surface area contributed by atoms with Crippen LogP contribution in [-0.2, 0) is 16.0 Å². The van der Waals surface area contributed by atoms with Gasteiger partial charge in [0.05, 0.1) is 6.04 Å². The number of benzene rings is 2. The molecule has 2 aromatic rings. The van der Waals surface area contributed by atoms with Gasteiger partial charge in [-0.1, -0.05) is 6.07 Å². The van der Waals surface area contributed by atoms with Gasteiger partial charge in [-0.2, -0.15) is 0 Å². The van der Waals surface area contributed by atoms with E-state index < -0.39 is 29.3 Å². The molecule has 0 spiro atoms. The van der Waals surface area contributed by atoms with Crippen LogP contribution in [-0.4, -0.2) is 47.1 Å². The molecule has 2 aromatic carbocycles. The summed E-state index contributed by atoms with van der Waals surface area (Å²) < 4.78 is 50.7. The fourth-order valence-corrected chi connectivity index (χ4v) is 4.25. The predicted octanol–water partition coefficient (Wildman–Crippen LogP) is 4.72. The number of aldehydes is 1. The van der Waals surface area contributed by atoms with E-state index in [1.165, 1.54) is 13.8 Å². The Kier molecular flexibility index (Phi) is 7.27. The molecule has 1 heterocycles. The molecule has 0 amide bonds. The van der Waals surface area contributed by atoms with Crippen LogP contribution < -0.4 is 4.74 Å². The van der Waals surface area contributed by atoms with Gasteiger partial charge in [0.2, 0.25) is 0 Å². The van der Waals surface area contributed by atoms with Crippen LogP contribution in [0.4, 0.5) is 13.2 Å². The highest BCUT2D eigenvalue weighted by atomic mass is 19.1. The number of fused-ring (bicyclic) bond motifs is 1. The number of hydrogen-bond acceptors (Lipinski definition) is 4. The van der Waals surface area contributed by atoms with Crippen LogP contribution in [0.5, 0.6) is 5.75 Å². The third-order valence-corrected chi connectivity index (χ3v) is 5.49. The molecule has 0 saturated heterocycles. The summed E-state index contributed by atoms with van der Waals surface area (Å²) in [6, 6.07) is 6.01. The van der Waals surface area contributed by atoms with Gasteiger partial charge in [-0.15, -0.1) is 0 Å². The molecule has 2 unspecified atom stereocenters. The zero-order chi connectivity index (χ0) is 24.3. The first-order valence-electron chi connectivity index (χ1n) is 10.5. The number of alkyl halides is 1. The lowest BCUT2D eigenvalue weighted by Crippen LogP contribution is -2.48. The van der Waals surface area contributed by atoms with E-state index in [0.29, 0.717) is 24.0 Å². The number of nitrogens with zero attached hydrogens (tertiary/aromatic N) is 1. The van der Waals surface area contributed by atoms with Gasteiger partial charge in [-0.3, -0.25) is 9.69 Å². The van der Waals surface area contributed by atoms with Crippen molar-refractivity contribution in [1.29, 1.82) is 0 Å². The van der Waals surface area contributed by atoms with Crippen LogP contribution in [0.25, 0.3) is 6.08 Å². The molecule has 1 N–H and O–H groups in total. The Bertz CT molecular complexity index is 1050. The molecule has 1 aliphatic heterocycles. The van der Waals surface area contributed by atoms with Crippen molar-refractivity contribution in [2.24, 2.45) is 0 Å². The molecule has 0 fully saturated rings. The Hall–Kier alpha value is -3.13. The van der Waals surface area contributed by atoms with Gasteiger partial charge < -0.3 is 9.84 Å². The number of aliphatic carboxylic acids is 1. The molecule has 0 saturated carbocycles. The third-order valence-electron chi connectivity index (χ3n) is 5.49. The largest absolute Gasteiger partial charge is 0.486 e. The van der Waals surface area contributed by atoms with Gasteiger partial charge in [-0.25, -0.2) is 18.0 Å². The van der Waals surface area contributed by atoms with Gasteiger partial charge >= 0.3 is 5.97 Å². The highest BCUT2D eigenvalue weighted by molar-refractivity contribution is 5.85. The number of ether oxygens (including phenoxy) is 1. The number of carbonyl (C=O) groups excluding carboxylic acids is 1. The highest BCUT2D eigenvalue weighted by Gasteiger charge is 2.39. The molecule has 8 heteroatoms. The normalized spacial score (nSPS) is 18.8. The Morgan fingerprint density at radius 3 is 2.48 bits per heavy atom. The first-order chi connectivity index (χ1) is 15.5. The number of carboxylic acids is 1. The van der Waals surface area contributed by atoms with Gasteiger partial charge in [0, 0.05) is 24.2 Å². The van der Waals surface area contributed by atoms with E-state index in [0.717, 1.165) is 29.8 Å². The van der Waals surface area contributed by atoms with E-state index in [4.69, 9.17) is 9.84 Å². The van der Waals surface area contributed by atoms with Crippen molar-refractivity contribution in [1.82, 2.24) is 4.90 Å². The Balaban J connectivity index is 2.14. The molecule has 0 radical (unpaired) electrons. The summed E-state index contributed by atoms with van der Waals surface area (Å²) in [6.45, 7) is 4.51. The maximum absolute atomic E-state index is 15.3. The van der Waals surface area contributed by atoms with Crippen LogP contribution >= 0.6 is 0 Å². The minimum Gasteiger partial charge on any atom is -0.486 e. The van der Waals surface area contributed by atoms with Crippen LogP contribution in [0.2, 0.25) is 0 Å². The van der Waals surface area contributed by atoms with Crippen molar-refractivity contribution in [3.63, 3.8) is 0 Å². The van der Waals surface area contributed by atoms with Crippen molar-refractivity contribution in [3.05, 3.63) is 70.3 Å². The molecule has 1 aliphatic rings. The first-order valence-corrected chi connectivity index (χ1v) is 10.5. The molecule has 0 aromatic heterocycles. The number of carboxylic acid groups (broad SMARTS) is 1. The molecule has 33 heavy (non-hydrogen) atoms. The van der Waals surface area contributed by atoms with E-state index in [1.807, 2.05) is 6.92 Å². The maximum atomic E-state index is 15.3. The van der Waals surface area contributed by atoms with E-state index in [1.54, 1.807) is 23.1 Å². The average Bonchev–Trinajstić information content (AvgIpc) is 2.71. The zero-order valence-corrected chi connectivity index (χ0v) is 18.6. The summed E-state index contributed by atoms with van der Waals surface area (Å²) in [5, 5.41) is 8.78. The van der Waals surface area contributed by atoms with Crippen molar-refractivity contribution >= 4 is 18.3 Å². The second kappa shape index (κ2) is 9.79. The molecule has 0 aliphatic carbocycles. The SMILES string of the molecule is CC1Cc2cc(OCC=O)ccc2C(c2c(F)cc(/C=C/C(=O)O)cc2F)N1CC(C)(C)F. The Labute approximate surface area is 190 Å². The lowest BCUT2D eigenvalue weighted by Gasteiger charge is -2.44. The van der Waals surface area contributed by atoms with Crippen LogP contribution in [0.3, 0.4) is 0 Å². The number of rotatable bonds is 8. The van der Waals surface area contributed by atoms with Gasteiger partial charge in [0.25, 0.3) is 0 Å². The summed E-state index contributed by atoms with van der Waals surface area (Å²) >= 11 is 0. The predicted molar refractivity (Wildman–Crippen MR) is 118 cm³/mol. The fraction of sp³-hybridized carbons (Fsp3) is 0.360. The van der Waals surface area contributed by atoms with Gasteiger partial charge in [-0.05, 0) is 74.2 Å². The van der Waals surface area contributed by atoms with Crippen LogP contribution in [0, 0.1) is 11.6 Å². The van der Waals surface area contributed by atoms with Crippen LogP contribution in [0.15, 0.2) is 36.4 Å². The minimum absolute atomic E-state index is 0.0544. The smallest absolute Gasteiger partial charge is 0.328 e. The van der Waals surface area contributed by atoms with E-state index in [9.17, 15) is 14.0 Å². The second-order valence-corrected chi connectivity index (χ2v) is 8.75. The number of hydrogen-bond donors (Lipinski definition) is 1. The summed E-state index contributed by atoms with van der Waals surface area (Å²) in [7, 11) is 0. The van der Waals surface area contributed by atoms with E-state index in [2.05, 4.69) is 0 Å². The lowest BCUT2D eigenvalue weighted by molar-refractivity contribution is -0.131. The molecule has 3 rings (SSSR count). The van der Waals surface area contributed by atoms with Crippen molar-refractivity contribution < 1.29 is 32.6 Å². The summed E-state index contributed by atoms with van der Waals surface area (Å²) in [6.07, 6.45) is 3.03. The number of carbonyl (C=O) groups is 2. The second-order valence-electron chi connectivity index (χ2n) is 8.75. The fourth-order valence-electron chi connectivity index (χ4n) is 4.25. The molecular formula is C25H26F3NO4. The van der Waals surface area contributed by atoms with Gasteiger partial charge in [0.15, 0.2) is 6.29 Å². The Morgan fingerprint density at radius 1 is 1.24 bits per heavy atom. The quantitative estimate of drug-likeness (QED) is 0.455. The van der Waals surface area contributed by atoms with E-state index >= 15 is 8.78 Å². The monoisotopic (exact) mass is 461 g/mol. The molecule has 5 nitrogen and oxygen atoms in total. The van der Waals surface area contributed by atoms with Crippen molar-refractivity contribution in [3.8, 4) is 5.75 Å². The molecule has 176 valence electrons. The summed E-state index contributed by atoms with van der Waals surface area (Å²) in [4.78, 5) is 23.1. The standard InChI is InChI=1S/C25H26F3NO4/c1-15-10-17-13-18(33-9-8-30)5-6-19(17)24(29(15)14-25(2,3)28)23-20(26)11-16(12-21(23)27)4-7-22(31)32/h4-8,11-13,15,24H,9-10,14H2,1-3H3,(H,31,32)/b7-4+. The van der Waals surface area contributed by atoms with E-state index in [-0.39, 0.29) is 30.3 Å².